The van der Waals surface area contributed by atoms with Crippen molar-refractivity contribution >= 4 is 27.8 Å². The summed E-state index contributed by atoms with van der Waals surface area (Å²) in [6, 6.07) is 8.85. The van der Waals surface area contributed by atoms with Gasteiger partial charge in [0.25, 0.3) is 5.56 Å². The third-order valence-corrected chi connectivity index (χ3v) is 6.63. The number of hydrogen-bond donors (Lipinski definition) is 1. The second-order valence-electron chi connectivity index (χ2n) is 7.71. The summed E-state index contributed by atoms with van der Waals surface area (Å²) >= 11 is 1.40. The molecule has 28 heavy (non-hydrogen) atoms. The monoisotopic (exact) mass is 396 g/mol. The molecule has 1 atom stereocenters. The van der Waals surface area contributed by atoms with E-state index in [4.69, 9.17) is 4.74 Å². The van der Waals surface area contributed by atoms with E-state index in [0.29, 0.717) is 22.6 Å². The molecule has 1 saturated heterocycles. The number of likely N-dealkylation sites (tertiary alicyclic amines) is 1. The summed E-state index contributed by atoms with van der Waals surface area (Å²) in [5.41, 5.74) is 0.138. The van der Waals surface area contributed by atoms with Gasteiger partial charge in [0.15, 0.2) is 10.3 Å². The number of carbonyl (C=O) groups excluding carboxylic acids is 1. The smallest absolute Gasteiger partial charge is 0.410 e. The molecular formula is C20H20N4O3S. The number of H-pyrrole nitrogens is 1. The van der Waals surface area contributed by atoms with Crippen LogP contribution in [0.25, 0.3) is 10.3 Å². The van der Waals surface area contributed by atoms with Gasteiger partial charge in [0.05, 0.1) is 6.04 Å². The summed E-state index contributed by atoms with van der Waals surface area (Å²) in [7, 11) is 0. The Bertz CT molecular complexity index is 1100. The fourth-order valence-electron chi connectivity index (χ4n) is 3.59. The van der Waals surface area contributed by atoms with Crippen molar-refractivity contribution in [1.29, 1.82) is 0 Å². The molecule has 3 heterocycles. The Morgan fingerprint density at radius 1 is 1.29 bits per heavy atom. The Morgan fingerprint density at radius 2 is 2.07 bits per heavy atom. The number of benzene rings is 1. The maximum atomic E-state index is 12.7. The molecule has 0 radical (unpaired) electrons. The Hall–Kier alpha value is -2.74. The molecule has 0 spiro atoms. The number of rotatable bonds is 3. The zero-order chi connectivity index (χ0) is 19.3. The molecule has 0 unspecified atom stereocenters. The van der Waals surface area contributed by atoms with Crippen molar-refractivity contribution in [2.45, 2.75) is 44.1 Å². The van der Waals surface area contributed by atoms with Crippen LogP contribution in [0.1, 0.15) is 49.5 Å². The molecule has 7 nitrogen and oxygen atoms in total. The minimum Gasteiger partial charge on any atom is -0.410 e. The second kappa shape index (κ2) is 6.41. The maximum absolute atomic E-state index is 12.7. The summed E-state index contributed by atoms with van der Waals surface area (Å²) in [6.45, 7) is 2.72. The number of para-hydroxylation sites is 1. The summed E-state index contributed by atoms with van der Waals surface area (Å²) in [5.74, 6) is 1.26. The van der Waals surface area contributed by atoms with Crippen LogP contribution in [-0.2, 0) is 5.41 Å². The summed E-state index contributed by atoms with van der Waals surface area (Å²) in [5, 5.41) is 0.744. The number of nitrogens with one attached hydrogen (secondary N) is 1. The summed E-state index contributed by atoms with van der Waals surface area (Å²) in [6.07, 6.45) is 3.36. The fourth-order valence-corrected chi connectivity index (χ4v) is 4.68. The Kier molecular flexibility index (Phi) is 3.97. The van der Waals surface area contributed by atoms with E-state index in [1.165, 1.54) is 11.3 Å². The molecule has 144 valence electrons. The molecular weight excluding hydrogens is 376 g/mol. The van der Waals surface area contributed by atoms with E-state index < -0.39 is 0 Å². The van der Waals surface area contributed by atoms with Crippen molar-refractivity contribution in [2.75, 3.05) is 6.54 Å². The number of hydrogen-bond acceptors (Lipinski definition) is 6. The van der Waals surface area contributed by atoms with Gasteiger partial charge >= 0.3 is 6.09 Å². The highest BCUT2D eigenvalue weighted by Gasteiger charge is 2.42. The van der Waals surface area contributed by atoms with Crippen LogP contribution in [0.4, 0.5) is 4.79 Å². The molecule has 8 heteroatoms. The number of aromatic amines is 1. The highest BCUT2D eigenvalue weighted by atomic mass is 32.1. The van der Waals surface area contributed by atoms with Crippen molar-refractivity contribution in [3.8, 4) is 5.75 Å². The lowest BCUT2D eigenvalue weighted by Gasteiger charge is -2.22. The molecule has 2 aromatic heterocycles. The van der Waals surface area contributed by atoms with Crippen molar-refractivity contribution in [3.05, 3.63) is 51.5 Å². The van der Waals surface area contributed by atoms with Gasteiger partial charge in [0, 0.05) is 12.0 Å². The average molecular weight is 396 g/mol. The molecule has 1 N–H and O–H groups in total. The fraction of sp³-hybridized carbons (Fsp3) is 0.400. The molecule has 1 amide bonds. The highest BCUT2D eigenvalue weighted by Crippen LogP contribution is 2.46. The van der Waals surface area contributed by atoms with E-state index in [-0.39, 0.29) is 23.1 Å². The molecule has 1 saturated carbocycles. The molecule has 1 aliphatic heterocycles. The van der Waals surface area contributed by atoms with E-state index in [1.807, 2.05) is 18.2 Å². The summed E-state index contributed by atoms with van der Waals surface area (Å²) < 4.78 is 5.50. The molecule has 0 bridgehead atoms. The van der Waals surface area contributed by atoms with Gasteiger partial charge in [-0.25, -0.2) is 14.8 Å². The Morgan fingerprint density at radius 3 is 2.82 bits per heavy atom. The van der Waals surface area contributed by atoms with Crippen LogP contribution in [0.15, 0.2) is 35.1 Å². The molecule has 1 aliphatic carbocycles. The normalized spacial score (nSPS) is 20.5. The number of carbonyl (C=O) groups is 1. The van der Waals surface area contributed by atoms with Crippen LogP contribution < -0.4 is 10.3 Å². The van der Waals surface area contributed by atoms with E-state index in [1.54, 1.807) is 17.0 Å². The predicted molar refractivity (Wildman–Crippen MR) is 106 cm³/mol. The van der Waals surface area contributed by atoms with Gasteiger partial charge in [-0.1, -0.05) is 36.5 Å². The van der Waals surface area contributed by atoms with Gasteiger partial charge in [-0.2, -0.15) is 0 Å². The van der Waals surface area contributed by atoms with Gasteiger partial charge in [-0.05, 0) is 37.8 Å². The van der Waals surface area contributed by atoms with Crippen LogP contribution in [-0.4, -0.2) is 32.5 Å². The van der Waals surface area contributed by atoms with E-state index >= 15 is 0 Å². The SMILES string of the molecule is CC1(c2nc3sc([C@H]4CCCN4C(=O)Oc4ccccc4)nc3c(=O)[nH]2)CC1. The van der Waals surface area contributed by atoms with Crippen LogP contribution in [0.2, 0.25) is 0 Å². The van der Waals surface area contributed by atoms with Gasteiger partial charge in [-0.15, -0.1) is 0 Å². The van der Waals surface area contributed by atoms with Crippen molar-refractivity contribution in [2.24, 2.45) is 0 Å². The van der Waals surface area contributed by atoms with Gasteiger partial charge in [0.1, 0.15) is 16.6 Å². The third-order valence-electron chi connectivity index (χ3n) is 5.58. The first-order valence-corrected chi connectivity index (χ1v) is 10.3. The standard InChI is InChI=1S/C20H20N4O3S/c1-20(9-10-20)18-22-15(25)14-17(23-18)28-16(21-14)13-8-5-11-24(13)19(26)27-12-6-3-2-4-7-12/h2-4,6-7,13H,5,8-11H2,1H3,(H,22,23,25)/t13-/m1/s1. The van der Waals surface area contributed by atoms with E-state index in [2.05, 4.69) is 21.9 Å². The van der Waals surface area contributed by atoms with Gasteiger partial charge in [-0.3, -0.25) is 9.69 Å². The zero-order valence-electron chi connectivity index (χ0n) is 15.5. The number of thiazole rings is 1. The molecule has 5 rings (SSSR count). The first-order valence-electron chi connectivity index (χ1n) is 9.48. The summed E-state index contributed by atoms with van der Waals surface area (Å²) in [4.78, 5) is 39.6. The van der Waals surface area contributed by atoms with E-state index in [9.17, 15) is 9.59 Å². The lowest BCUT2D eigenvalue weighted by molar-refractivity contribution is 0.147. The van der Waals surface area contributed by atoms with Crippen LogP contribution in [0, 0.1) is 0 Å². The lowest BCUT2D eigenvalue weighted by atomic mass is 10.1. The quantitative estimate of drug-likeness (QED) is 0.728. The zero-order valence-corrected chi connectivity index (χ0v) is 16.3. The topological polar surface area (TPSA) is 88.2 Å². The minimum atomic E-state index is -0.388. The Labute approximate surface area is 165 Å². The second-order valence-corrected chi connectivity index (χ2v) is 8.72. The largest absolute Gasteiger partial charge is 0.415 e. The Balaban J connectivity index is 1.44. The highest BCUT2D eigenvalue weighted by molar-refractivity contribution is 7.18. The number of ether oxygens (including phenoxy) is 1. The minimum absolute atomic E-state index is 0.0175. The molecule has 3 aromatic rings. The van der Waals surface area contributed by atoms with Crippen LogP contribution in [0.5, 0.6) is 5.75 Å². The maximum Gasteiger partial charge on any atom is 0.415 e. The number of fused-ring (bicyclic) bond motifs is 1. The van der Waals surface area contributed by atoms with E-state index in [0.717, 1.165) is 36.5 Å². The molecule has 1 aromatic carbocycles. The van der Waals surface area contributed by atoms with Gasteiger partial charge < -0.3 is 9.72 Å². The van der Waals surface area contributed by atoms with Crippen LogP contribution >= 0.6 is 11.3 Å². The third kappa shape index (κ3) is 2.97. The van der Waals surface area contributed by atoms with Crippen molar-refractivity contribution in [1.82, 2.24) is 19.9 Å². The first kappa shape index (κ1) is 17.4. The lowest BCUT2D eigenvalue weighted by Crippen LogP contribution is -2.33. The number of aromatic nitrogens is 3. The number of nitrogens with zero attached hydrogens (tertiary/aromatic N) is 3. The molecule has 2 aliphatic rings. The van der Waals surface area contributed by atoms with Crippen molar-refractivity contribution in [3.63, 3.8) is 0 Å². The predicted octanol–water partition coefficient (Wildman–Crippen LogP) is 3.77. The first-order chi connectivity index (χ1) is 13.5. The van der Waals surface area contributed by atoms with Crippen molar-refractivity contribution < 1.29 is 9.53 Å². The molecule has 2 fully saturated rings. The van der Waals surface area contributed by atoms with Crippen LogP contribution in [0.3, 0.4) is 0 Å². The number of amides is 1. The van der Waals surface area contributed by atoms with Gasteiger partial charge in [0.2, 0.25) is 0 Å². The average Bonchev–Trinajstić information content (AvgIpc) is 3.11.